The zero-order chi connectivity index (χ0) is 10.6. The molecule has 0 aromatic heterocycles. The monoisotopic (exact) mass is 217 g/mol. The zero-order valence-corrected chi connectivity index (χ0v) is 10.4. The van der Waals surface area contributed by atoms with E-state index in [1.807, 2.05) is 0 Å². The van der Waals surface area contributed by atoms with E-state index in [1.165, 1.54) is 24.5 Å². The van der Waals surface area contributed by atoms with E-state index in [2.05, 4.69) is 37.4 Å². The van der Waals surface area contributed by atoms with E-state index >= 15 is 0 Å². The normalized spacial score (nSPS) is 26.1. The van der Waals surface area contributed by atoms with Crippen molar-refractivity contribution in [2.24, 2.45) is 5.41 Å². The highest BCUT2D eigenvalue weighted by Crippen LogP contribution is 2.22. The molecule has 1 N–H and O–H groups in total. The SMILES string of the molecule is CC1CCSCCN1CC(C)(C)CO. The summed E-state index contributed by atoms with van der Waals surface area (Å²) in [7, 11) is 0. The van der Waals surface area contributed by atoms with E-state index in [0.29, 0.717) is 6.04 Å². The first-order valence-electron chi connectivity index (χ1n) is 5.48. The second-order valence-corrected chi connectivity index (χ2v) is 6.27. The molecule has 0 amide bonds. The quantitative estimate of drug-likeness (QED) is 0.780. The van der Waals surface area contributed by atoms with Gasteiger partial charge in [0, 0.05) is 36.9 Å². The Hall–Kier alpha value is 0.270. The molecule has 1 aliphatic heterocycles. The maximum Gasteiger partial charge on any atom is 0.0494 e. The molecule has 0 aromatic carbocycles. The van der Waals surface area contributed by atoms with Gasteiger partial charge >= 0.3 is 0 Å². The van der Waals surface area contributed by atoms with E-state index in [-0.39, 0.29) is 12.0 Å². The van der Waals surface area contributed by atoms with Crippen LogP contribution in [0.15, 0.2) is 0 Å². The second kappa shape index (κ2) is 5.38. The number of hydrogen-bond acceptors (Lipinski definition) is 3. The summed E-state index contributed by atoms with van der Waals surface area (Å²) >= 11 is 2.05. The average Bonchev–Trinajstić information content (AvgIpc) is 2.32. The molecular formula is C11H23NOS. The molecule has 0 radical (unpaired) electrons. The third kappa shape index (κ3) is 3.79. The Labute approximate surface area is 92.1 Å². The molecule has 1 rings (SSSR count). The largest absolute Gasteiger partial charge is 0.396 e. The standard InChI is InChI=1S/C11H23NOS/c1-10-4-6-14-7-5-12(10)8-11(2,3)9-13/h10,13H,4-9H2,1-3H3. The van der Waals surface area contributed by atoms with Crippen LogP contribution in [0.2, 0.25) is 0 Å². The Morgan fingerprint density at radius 2 is 2.14 bits per heavy atom. The lowest BCUT2D eigenvalue weighted by molar-refractivity contribution is 0.0869. The third-order valence-electron chi connectivity index (χ3n) is 2.89. The fourth-order valence-corrected chi connectivity index (χ4v) is 2.85. The van der Waals surface area contributed by atoms with Gasteiger partial charge in [0.05, 0.1) is 0 Å². The van der Waals surface area contributed by atoms with Crippen LogP contribution < -0.4 is 0 Å². The van der Waals surface area contributed by atoms with Crippen LogP contribution in [0.1, 0.15) is 27.2 Å². The number of aliphatic hydroxyl groups excluding tert-OH is 1. The Balaban J connectivity index is 2.48. The first-order valence-corrected chi connectivity index (χ1v) is 6.63. The van der Waals surface area contributed by atoms with Crippen molar-refractivity contribution in [3.8, 4) is 0 Å². The molecular weight excluding hydrogens is 194 g/mol. The van der Waals surface area contributed by atoms with E-state index < -0.39 is 0 Å². The summed E-state index contributed by atoms with van der Waals surface area (Å²) in [4.78, 5) is 2.52. The summed E-state index contributed by atoms with van der Waals surface area (Å²) in [6.45, 7) is 9.05. The fourth-order valence-electron chi connectivity index (χ4n) is 1.78. The highest BCUT2D eigenvalue weighted by atomic mass is 32.2. The highest BCUT2D eigenvalue weighted by molar-refractivity contribution is 7.99. The second-order valence-electron chi connectivity index (χ2n) is 5.04. The molecule has 0 saturated carbocycles. The van der Waals surface area contributed by atoms with Crippen LogP contribution in [-0.4, -0.2) is 47.3 Å². The number of thioether (sulfide) groups is 1. The first-order chi connectivity index (χ1) is 6.55. The Bertz CT molecular complexity index is 173. The van der Waals surface area contributed by atoms with Gasteiger partial charge in [-0.1, -0.05) is 13.8 Å². The molecule has 0 aliphatic carbocycles. The van der Waals surface area contributed by atoms with Gasteiger partial charge in [-0.05, 0) is 19.1 Å². The molecule has 14 heavy (non-hydrogen) atoms. The Morgan fingerprint density at radius 1 is 1.43 bits per heavy atom. The van der Waals surface area contributed by atoms with Gasteiger partial charge in [0.2, 0.25) is 0 Å². The van der Waals surface area contributed by atoms with Crippen molar-refractivity contribution in [2.45, 2.75) is 33.2 Å². The van der Waals surface area contributed by atoms with Gasteiger partial charge in [0.25, 0.3) is 0 Å². The van der Waals surface area contributed by atoms with Crippen molar-refractivity contribution < 1.29 is 5.11 Å². The van der Waals surface area contributed by atoms with Crippen molar-refractivity contribution in [2.75, 3.05) is 31.2 Å². The summed E-state index contributed by atoms with van der Waals surface area (Å²) in [5, 5.41) is 9.25. The topological polar surface area (TPSA) is 23.5 Å². The van der Waals surface area contributed by atoms with E-state index in [0.717, 1.165) is 6.54 Å². The molecule has 3 heteroatoms. The maximum atomic E-state index is 9.25. The maximum absolute atomic E-state index is 9.25. The van der Waals surface area contributed by atoms with E-state index in [9.17, 15) is 5.11 Å². The number of hydrogen-bond donors (Lipinski definition) is 1. The molecule has 84 valence electrons. The molecule has 1 aliphatic rings. The molecule has 0 bridgehead atoms. The summed E-state index contributed by atoms with van der Waals surface area (Å²) in [5.41, 5.74) is 0.0449. The lowest BCUT2D eigenvalue weighted by atomic mass is 9.93. The smallest absolute Gasteiger partial charge is 0.0494 e. The van der Waals surface area contributed by atoms with Gasteiger partial charge in [-0.3, -0.25) is 4.90 Å². The summed E-state index contributed by atoms with van der Waals surface area (Å²) in [6.07, 6.45) is 1.28. The van der Waals surface area contributed by atoms with Gasteiger partial charge in [-0.25, -0.2) is 0 Å². The van der Waals surface area contributed by atoms with Crippen molar-refractivity contribution in [1.82, 2.24) is 4.90 Å². The van der Waals surface area contributed by atoms with Gasteiger partial charge in [-0.2, -0.15) is 11.8 Å². The lowest BCUT2D eigenvalue weighted by Crippen LogP contribution is -2.42. The van der Waals surface area contributed by atoms with Gasteiger partial charge in [0.1, 0.15) is 0 Å². The molecule has 1 atom stereocenters. The number of rotatable bonds is 3. The Kier molecular flexibility index (Phi) is 4.74. The van der Waals surface area contributed by atoms with E-state index in [4.69, 9.17) is 0 Å². The van der Waals surface area contributed by atoms with Crippen LogP contribution in [0.4, 0.5) is 0 Å². The molecule has 2 nitrogen and oxygen atoms in total. The zero-order valence-electron chi connectivity index (χ0n) is 9.62. The molecule has 1 unspecified atom stereocenters. The number of nitrogens with zero attached hydrogens (tertiary/aromatic N) is 1. The Morgan fingerprint density at radius 3 is 2.79 bits per heavy atom. The van der Waals surface area contributed by atoms with Crippen molar-refractivity contribution >= 4 is 11.8 Å². The van der Waals surface area contributed by atoms with E-state index in [1.54, 1.807) is 0 Å². The van der Waals surface area contributed by atoms with Gasteiger partial charge < -0.3 is 5.11 Å². The lowest BCUT2D eigenvalue weighted by Gasteiger charge is -2.34. The molecule has 1 fully saturated rings. The number of aliphatic hydroxyl groups is 1. The molecule has 0 spiro atoms. The van der Waals surface area contributed by atoms with Crippen LogP contribution >= 0.6 is 11.8 Å². The highest BCUT2D eigenvalue weighted by Gasteiger charge is 2.24. The minimum Gasteiger partial charge on any atom is -0.396 e. The minimum absolute atomic E-state index is 0.0449. The van der Waals surface area contributed by atoms with Crippen LogP contribution in [0.25, 0.3) is 0 Å². The van der Waals surface area contributed by atoms with Crippen molar-refractivity contribution in [3.63, 3.8) is 0 Å². The fraction of sp³-hybridized carbons (Fsp3) is 1.00. The summed E-state index contributed by atoms with van der Waals surface area (Å²) < 4.78 is 0. The van der Waals surface area contributed by atoms with Gasteiger partial charge in [0.15, 0.2) is 0 Å². The van der Waals surface area contributed by atoms with Gasteiger partial charge in [-0.15, -0.1) is 0 Å². The minimum atomic E-state index is 0.0449. The average molecular weight is 217 g/mol. The van der Waals surface area contributed by atoms with Crippen LogP contribution in [0.3, 0.4) is 0 Å². The predicted octanol–water partition coefficient (Wildman–Crippen LogP) is 1.83. The molecule has 1 saturated heterocycles. The van der Waals surface area contributed by atoms with Crippen LogP contribution in [-0.2, 0) is 0 Å². The third-order valence-corrected chi connectivity index (χ3v) is 3.88. The van der Waals surface area contributed by atoms with Crippen LogP contribution in [0, 0.1) is 5.41 Å². The predicted molar refractivity (Wildman–Crippen MR) is 63.8 cm³/mol. The first kappa shape index (κ1) is 12.3. The van der Waals surface area contributed by atoms with Crippen molar-refractivity contribution in [3.05, 3.63) is 0 Å². The molecule has 0 aromatic rings. The summed E-state index contributed by atoms with van der Waals surface area (Å²) in [6, 6.07) is 0.677. The van der Waals surface area contributed by atoms with Crippen molar-refractivity contribution in [1.29, 1.82) is 0 Å². The summed E-state index contributed by atoms with van der Waals surface area (Å²) in [5.74, 6) is 2.53. The van der Waals surface area contributed by atoms with Crippen LogP contribution in [0.5, 0.6) is 0 Å². The molecule has 1 heterocycles.